The van der Waals surface area contributed by atoms with Gasteiger partial charge in [-0.05, 0) is 37.7 Å². The minimum absolute atomic E-state index is 0.484. The summed E-state index contributed by atoms with van der Waals surface area (Å²) in [6.45, 7) is 9.11. The SMILES string of the molecule is CC1=C(C)C([Si-](C)(C)Cl)c2sc3c(sc4ccccc43)c21. The van der Waals surface area contributed by atoms with Crippen LogP contribution in [0.2, 0.25) is 13.1 Å². The van der Waals surface area contributed by atoms with Crippen molar-refractivity contribution in [2.24, 2.45) is 0 Å². The van der Waals surface area contributed by atoms with Gasteiger partial charge in [0.25, 0.3) is 0 Å². The fourth-order valence-electron chi connectivity index (χ4n) is 3.56. The van der Waals surface area contributed by atoms with Crippen LogP contribution in [0.5, 0.6) is 0 Å². The molecule has 21 heavy (non-hydrogen) atoms. The van der Waals surface area contributed by atoms with Gasteiger partial charge in [-0.2, -0.15) is 13.1 Å². The molecule has 1 aromatic carbocycles. The second kappa shape index (κ2) is 4.45. The molecule has 109 valence electrons. The Bertz CT molecular complexity index is 908. The molecule has 1 atom stereocenters. The average Bonchev–Trinajstić information content (AvgIpc) is 2.98. The number of fused-ring (bicyclic) bond motifs is 5. The molecule has 2 aromatic heterocycles. The molecule has 0 spiro atoms. The van der Waals surface area contributed by atoms with Gasteiger partial charge in [0.2, 0.25) is 0 Å². The molecule has 4 rings (SSSR count). The Morgan fingerprint density at radius 3 is 2.48 bits per heavy atom. The highest BCUT2D eigenvalue weighted by atomic mass is 35.6. The van der Waals surface area contributed by atoms with Crippen molar-refractivity contribution in [3.63, 3.8) is 0 Å². The average molecular weight is 349 g/mol. The van der Waals surface area contributed by atoms with Crippen LogP contribution in [0.1, 0.15) is 29.8 Å². The molecule has 0 fully saturated rings. The van der Waals surface area contributed by atoms with E-state index in [0.717, 1.165) is 0 Å². The Hall–Kier alpha value is -0.613. The van der Waals surface area contributed by atoms with Crippen LogP contribution in [-0.2, 0) is 0 Å². The molecule has 2 heterocycles. The lowest BCUT2D eigenvalue weighted by atomic mass is 10.1. The number of halogens is 1. The van der Waals surface area contributed by atoms with Gasteiger partial charge in [0.15, 0.2) is 0 Å². The van der Waals surface area contributed by atoms with Crippen LogP contribution in [0.15, 0.2) is 29.8 Å². The molecule has 0 radical (unpaired) electrons. The van der Waals surface area contributed by atoms with E-state index >= 15 is 0 Å². The first-order valence-corrected chi connectivity index (χ1v) is 12.9. The predicted octanol–water partition coefficient (Wildman–Crippen LogP) is 6.99. The summed E-state index contributed by atoms with van der Waals surface area (Å²) in [5, 5.41) is 1.41. The van der Waals surface area contributed by atoms with Gasteiger partial charge in [-0.25, -0.2) is 0 Å². The number of benzene rings is 1. The number of hydrogen-bond acceptors (Lipinski definition) is 2. The largest absolute Gasteiger partial charge is 0.354 e. The maximum absolute atomic E-state index is 6.85. The molecule has 0 saturated carbocycles. The molecule has 1 aliphatic rings. The lowest BCUT2D eigenvalue weighted by Crippen LogP contribution is -2.27. The van der Waals surface area contributed by atoms with Gasteiger partial charge >= 0.3 is 0 Å². The van der Waals surface area contributed by atoms with Crippen LogP contribution in [0.4, 0.5) is 0 Å². The molecular weight excluding hydrogens is 332 g/mol. The third-order valence-electron chi connectivity index (χ3n) is 4.58. The molecule has 4 heteroatoms. The van der Waals surface area contributed by atoms with Crippen molar-refractivity contribution in [3.8, 4) is 0 Å². The van der Waals surface area contributed by atoms with E-state index in [9.17, 15) is 0 Å². The third-order valence-corrected chi connectivity index (χ3v) is 10.1. The summed E-state index contributed by atoms with van der Waals surface area (Å²) in [6, 6.07) is 8.76. The lowest BCUT2D eigenvalue weighted by molar-refractivity contribution is 1.12. The second-order valence-corrected chi connectivity index (χ2v) is 15.1. The summed E-state index contributed by atoms with van der Waals surface area (Å²) in [4.78, 5) is 1.53. The van der Waals surface area contributed by atoms with Crippen LogP contribution in [0, 0.1) is 0 Å². The van der Waals surface area contributed by atoms with Gasteiger partial charge in [0, 0.05) is 15.6 Å². The molecule has 3 aromatic rings. The monoisotopic (exact) mass is 348 g/mol. The van der Waals surface area contributed by atoms with Gasteiger partial charge in [0.1, 0.15) is 0 Å². The first-order valence-electron chi connectivity index (χ1n) is 7.20. The van der Waals surface area contributed by atoms with Gasteiger partial charge in [-0.3, -0.25) is 0 Å². The van der Waals surface area contributed by atoms with E-state index in [1.54, 1.807) is 0 Å². The van der Waals surface area contributed by atoms with Crippen molar-refractivity contribution in [3.05, 3.63) is 40.3 Å². The Balaban J connectivity index is 2.10. The van der Waals surface area contributed by atoms with Crippen molar-refractivity contribution in [2.75, 3.05) is 0 Å². The van der Waals surface area contributed by atoms with Crippen LogP contribution < -0.4 is 0 Å². The normalized spacial score (nSPS) is 19.0. The van der Waals surface area contributed by atoms with Crippen molar-refractivity contribution in [2.45, 2.75) is 32.5 Å². The van der Waals surface area contributed by atoms with Crippen molar-refractivity contribution in [1.82, 2.24) is 0 Å². The minimum Gasteiger partial charge on any atom is -0.354 e. The van der Waals surface area contributed by atoms with E-state index in [-0.39, 0.29) is 0 Å². The predicted molar refractivity (Wildman–Crippen MR) is 102 cm³/mol. The van der Waals surface area contributed by atoms with Crippen LogP contribution in [-0.4, -0.2) is 7.38 Å². The minimum atomic E-state index is -1.75. The highest BCUT2D eigenvalue weighted by Crippen LogP contribution is 2.56. The molecule has 1 aliphatic carbocycles. The molecule has 0 bridgehead atoms. The number of rotatable bonds is 1. The van der Waals surface area contributed by atoms with E-state index < -0.39 is 7.38 Å². The molecule has 0 aliphatic heterocycles. The van der Waals surface area contributed by atoms with Crippen LogP contribution in [0.25, 0.3) is 25.1 Å². The quantitative estimate of drug-likeness (QED) is 0.328. The first kappa shape index (κ1) is 14.0. The fraction of sp³-hybridized carbons (Fsp3) is 0.294. The Labute approximate surface area is 138 Å². The summed E-state index contributed by atoms with van der Waals surface area (Å²) < 4.78 is 4.34. The van der Waals surface area contributed by atoms with Crippen molar-refractivity contribution >= 4 is 66.2 Å². The maximum Gasteiger partial charge on any atom is 0.0540 e. The van der Waals surface area contributed by atoms with Gasteiger partial charge in [-0.15, -0.1) is 22.7 Å². The maximum atomic E-state index is 6.85. The standard InChI is InChI=1S/C17H17ClS2Si/c1-9-10(2)17(21(3,4)18)16-13(9)15-14(20-16)11-7-5-6-8-12(11)19-15/h5-8,17H,1-4H3/q-1. The van der Waals surface area contributed by atoms with E-state index in [1.807, 2.05) is 22.7 Å². The molecule has 0 amide bonds. The number of allylic oxidation sites excluding steroid dienone is 2. The summed E-state index contributed by atoms with van der Waals surface area (Å²) in [7, 11) is -1.75. The molecule has 1 unspecified atom stereocenters. The lowest BCUT2D eigenvalue weighted by Gasteiger charge is -2.35. The first-order chi connectivity index (χ1) is 9.89. The zero-order chi connectivity index (χ0) is 14.9. The van der Waals surface area contributed by atoms with Crippen LogP contribution >= 0.6 is 33.8 Å². The zero-order valence-corrected chi connectivity index (χ0v) is 16.0. The van der Waals surface area contributed by atoms with E-state index in [0.29, 0.717) is 5.54 Å². The van der Waals surface area contributed by atoms with Gasteiger partial charge in [-0.1, -0.05) is 29.3 Å². The van der Waals surface area contributed by atoms with E-state index in [1.165, 1.54) is 41.1 Å². The second-order valence-electron chi connectivity index (χ2n) is 6.40. The summed E-state index contributed by atoms with van der Waals surface area (Å²) >= 11 is 10.8. The Morgan fingerprint density at radius 1 is 1.05 bits per heavy atom. The Morgan fingerprint density at radius 2 is 1.76 bits per heavy atom. The summed E-state index contributed by atoms with van der Waals surface area (Å²) in [5.41, 5.74) is 4.95. The van der Waals surface area contributed by atoms with Gasteiger partial charge in [0.05, 0.1) is 9.40 Å². The highest BCUT2D eigenvalue weighted by molar-refractivity contribution is 7.34. The summed E-state index contributed by atoms with van der Waals surface area (Å²) in [5.74, 6) is 0. The molecule has 0 saturated heterocycles. The smallest absolute Gasteiger partial charge is 0.0540 e. The topological polar surface area (TPSA) is 0 Å². The number of thiophene rings is 2. The molecule has 0 nitrogen and oxygen atoms in total. The van der Waals surface area contributed by atoms with Crippen LogP contribution in [0.3, 0.4) is 0 Å². The molecule has 0 N–H and O–H groups in total. The molecular formula is C17H17ClS2Si-. The van der Waals surface area contributed by atoms with Crippen molar-refractivity contribution < 1.29 is 0 Å². The zero-order valence-electron chi connectivity index (χ0n) is 12.6. The fourth-order valence-corrected chi connectivity index (χ4v) is 10.6. The number of hydrogen-bond donors (Lipinski definition) is 0. The third kappa shape index (κ3) is 1.84. The highest BCUT2D eigenvalue weighted by Gasteiger charge is 2.34. The van der Waals surface area contributed by atoms with Gasteiger partial charge < -0.3 is 11.1 Å². The van der Waals surface area contributed by atoms with E-state index in [2.05, 4.69) is 51.2 Å². The Kier molecular flexibility index (Phi) is 2.97. The summed E-state index contributed by atoms with van der Waals surface area (Å²) in [6.07, 6.45) is 0. The van der Waals surface area contributed by atoms with Crippen molar-refractivity contribution in [1.29, 1.82) is 0 Å². The van der Waals surface area contributed by atoms with E-state index in [4.69, 9.17) is 11.1 Å².